The lowest BCUT2D eigenvalue weighted by Crippen LogP contribution is -2.43. The quantitative estimate of drug-likeness (QED) is 0.831. The van der Waals surface area contributed by atoms with E-state index in [2.05, 4.69) is 24.1 Å². The van der Waals surface area contributed by atoms with Crippen LogP contribution >= 0.6 is 0 Å². The molecular formula is C14H27F3N2. The molecule has 1 rings (SSSR count). The van der Waals surface area contributed by atoms with Gasteiger partial charge in [-0.2, -0.15) is 13.2 Å². The number of alkyl halides is 3. The topological polar surface area (TPSA) is 15.3 Å². The molecule has 1 heterocycles. The van der Waals surface area contributed by atoms with Crippen LogP contribution in [0, 0.1) is 11.8 Å². The van der Waals surface area contributed by atoms with Gasteiger partial charge in [-0.1, -0.05) is 13.8 Å². The van der Waals surface area contributed by atoms with Crippen molar-refractivity contribution in [1.29, 1.82) is 0 Å². The van der Waals surface area contributed by atoms with E-state index in [4.69, 9.17) is 0 Å². The summed E-state index contributed by atoms with van der Waals surface area (Å²) in [6, 6.07) is 0.174. The third kappa shape index (κ3) is 6.61. The van der Waals surface area contributed by atoms with Crippen molar-refractivity contribution in [1.82, 2.24) is 10.2 Å². The molecule has 0 saturated carbocycles. The van der Waals surface area contributed by atoms with Gasteiger partial charge in [0.15, 0.2) is 0 Å². The van der Waals surface area contributed by atoms with Gasteiger partial charge in [-0.3, -0.25) is 4.90 Å². The van der Waals surface area contributed by atoms with Crippen LogP contribution in [0.5, 0.6) is 0 Å². The number of hydrogen-bond donors (Lipinski definition) is 1. The summed E-state index contributed by atoms with van der Waals surface area (Å²) in [5.41, 5.74) is 0. The van der Waals surface area contributed by atoms with Crippen LogP contribution in [0.1, 0.15) is 40.0 Å². The molecular weight excluding hydrogens is 253 g/mol. The lowest BCUT2D eigenvalue weighted by molar-refractivity contribution is -0.125. The number of likely N-dealkylation sites (tertiary alicyclic amines) is 1. The number of halogens is 3. The van der Waals surface area contributed by atoms with Crippen molar-refractivity contribution >= 4 is 0 Å². The molecule has 19 heavy (non-hydrogen) atoms. The van der Waals surface area contributed by atoms with Gasteiger partial charge in [-0.15, -0.1) is 0 Å². The van der Waals surface area contributed by atoms with Crippen LogP contribution in [-0.2, 0) is 0 Å². The third-order valence-electron chi connectivity index (χ3n) is 4.14. The molecule has 1 fully saturated rings. The highest BCUT2D eigenvalue weighted by Crippen LogP contribution is 2.25. The summed E-state index contributed by atoms with van der Waals surface area (Å²) in [6.45, 7) is 8.07. The fourth-order valence-corrected chi connectivity index (χ4v) is 2.80. The predicted molar refractivity (Wildman–Crippen MR) is 72.1 cm³/mol. The Balaban J connectivity index is 2.31. The molecule has 1 aliphatic heterocycles. The average molecular weight is 280 g/mol. The molecule has 0 bridgehead atoms. The van der Waals surface area contributed by atoms with Gasteiger partial charge in [-0.25, -0.2) is 0 Å². The molecule has 2 nitrogen and oxygen atoms in total. The molecule has 0 aromatic heterocycles. The molecule has 0 aliphatic carbocycles. The summed E-state index contributed by atoms with van der Waals surface area (Å²) in [4.78, 5) is 2.33. The summed E-state index contributed by atoms with van der Waals surface area (Å²) in [6.07, 6.45) is -0.536. The number of hydrogen-bond acceptors (Lipinski definition) is 2. The van der Waals surface area contributed by atoms with Crippen LogP contribution in [0.2, 0.25) is 0 Å². The Morgan fingerprint density at radius 2 is 1.84 bits per heavy atom. The molecule has 114 valence electrons. The molecule has 1 N–H and O–H groups in total. The Hall–Kier alpha value is -0.290. The minimum absolute atomic E-state index is 0.174. The Morgan fingerprint density at radius 1 is 1.16 bits per heavy atom. The van der Waals surface area contributed by atoms with Gasteiger partial charge in [0.05, 0.1) is 6.54 Å². The van der Waals surface area contributed by atoms with Crippen LogP contribution < -0.4 is 5.32 Å². The summed E-state index contributed by atoms with van der Waals surface area (Å²) >= 11 is 0. The van der Waals surface area contributed by atoms with E-state index in [1.807, 2.05) is 6.92 Å². The van der Waals surface area contributed by atoms with Gasteiger partial charge < -0.3 is 5.32 Å². The van der Waals surface area contributed by atoms with E-state index in [-0.39, 0.29) is 6.04 Å². The fraction of sp³-hybridized carbons (Fsp3) is 1.00. The van der Waals surface area contributed by atoms with Crippen molar-refractivity contribution in [3.05, 3.63) is 0 Å². The summed E-state index contributed by atoms with van der Waals surface area (Å²) in [5, 5.41) is 2.51. The first-order chi connectivity index (χ1) is 8.79. The number of nitrogens with zero attached hydrogens (tertiary/aromatic N) is 1. The second-order valence-electron chi connectivity index (χ2n) is 6.07. The lowest BCUT2D eigenvalue weighted by atomic mass is 9.89. The highest BCUT2D eigenvalue weighted by molar-refractivity contribution is 4.77. The maximum Gasteiger partial charge on any atom is 0.401 e. The summed E-state index contributed by atoms with van der Waals surface area (Å²) in [7, 11) is 0. The molecule has 0 aromatic rings. The Morgan fingerprint density at radius 3 is 2.42 bits per heavy atom. The van der Waals surface area contributed by atoms with E-state index < -0.39 is 12.7 Å². The molecule has 0 aromatic carbocycles. The van der Waals surface area contributed by atoms with Crippen molar-refractivity contribution < 1.29 is 13.2 Å². The van der Waals surface area contributed by atoms with E-state index in [1.165, 1.54) is 12.8 Å². The fourth-order valence-electron chi connectivity index (χ4n) is 2.80. The van der Waals surface area contributed by atoms with E-state index in [0.29, 0.717) is 12.5 Å². The highest BCUT2D eigenvalue weighted by Gasteiger charge is 2.27. The Kier molecular flexibility index (Phi) is 6.60. The smallest absolute Gasteiger partial charge is 0.307 e. The minimum Gasteiger partial charge on any atom is -0.307 e. The van der Waals surface area contributed by atoms with E-state index in [9.17, 15) is 13.2 Å². The zero-order valence-corrected chi connectivity index (χ0v) is 12.3. The second-order valence-corrected chi connectivity index (χ2v) is 6.07. The monoisotopic (exact) mass is 280 g/mol. The summed E-state index contributed by atoms with van der Waals surface area (Å²) in [5.74, 6) is 1.47. The van der Waals surface area contributed by atoms with Gasteiger partial charge in [0.25, 0.3) is 0 Å². The zero-order valence-electron chi connectivity index (χ0n) is 12.3. The van der Waals surface area contributed by atoms with Gasteiger partial charge in [0.1, 0.15) is 0 Å². The van der Waals surface area contributed by atoms with E-state index >= 15 is 0 Å². The third-order valence-corrected chi connectivity index (χ3v) is 4.14. The van der Waals surface area contributed by atoms with Crippen molar-refractivity contribution in [2.45, 2.75) is 52.3 Å². The first-order valence-corrected chi connectivity index (χ1v) is 7.31. The van der Waals surface area contributed by atoms with Crippen LogP contribution in [0.3, 0.4) is 0 Å². The first-order valence-electron chi connectivity index (χ1n) is 7.31. The molecule has 1 saturated heterocycles. The average Bonchev–Trinajstić information content (AvgIpc) is 2.52. The van der Waals surface area contributed by atoms with Crippen molar-refractivity contribution in [2.24, 2.45) is 11.8 Å². The Labute approximate surface area is 114 Å². The van der Waals surface area contributed by atoms with Crippen LogP contribution in [0.4, 0.5) is 13.2 Å². The normalized spacial score (nSPS) is 24.5. The molecule has 1 aliphatic rings. The number of rotatable bonds is 5. The number of nitrogens with one attached hydrogen (secondary N) is 1. The molecule has 2 atom stereocenters. The largest absolute Gasteiger partial charge is 0.401 e. The van der Waals surface area contributed by atoms with E-state index in [1.54, 1.807) is 0 Å². The zero-order chi connectivity index (χ0) is 14.5. The molecule has 5 heteroatoms. The molecule has 0 spiro atoms. The lowest BCUT2D eigenvalue weighted by Gasteiger charge is -2.28. The standard InChI is InChI=1S/C14H27F3N2/c1-11(2)13-5-4-7-19(8-6-13)12(3)9-18-10-14(15,16)17/h11-13,18H,4-10H2,1-3H3. The van der Waals surface area contributed by atoms with Gasteiger partial charge in [-0.05, 0) is 51.1 Å². The summed E-state index contributed by atoms with van der Waals surface area (Å²) < 4.78 is 36.2. The molecule has 0 amide bonds. The SMILES string of the molecule is CC(C)C1CCCN(C(C)CNCC(F)(F)F)CC1. The van der Waals surface area contributed by atoms with Gasteiger partial charge >= 0.3 is 6.18 Å². The molecule has 2 unspecified atom stereocenters. The van der Waals surface area contributed by atoms with Gasteiger partial charge in [0, 0.05) is 12.6 Å². The maximum atomic E-state index is 12.1. The second kappa shape index (κ2) is 7.48. The van der Waals surface area contributed by atoms with E-state index in [0.717, 1.165) is 25.4 Å². The van der Waals surface area contributed by atoms with Gasteiger partial charge in [0.2, 0.25) is 0 Å². The predicted octanol–water partition coefficient (Wildman–Crippen LogP) is 3.28. The van der Waals surface area contributed by atoms with Crippen LogP contribution in [0.15, 0.2) is 0 Å². The Bertz CT molecular complexity index is 254. The van der Waals surface area contributed by atoms with Crippen LogP contribution in [0.25, 0.3) is 0 Å². The minimum atomic E-state index is -4.11. The van der Waals surface area contributed by atoms with Crippen molar-refractivity contribution in [2.75, 3.05) is 26.2 Å². The maximum absolute atomic E-state index is 12.1. The first kappa shape index (κ1) is 16.8. The van der Waals surface area contributed by atoms with Crippen LogP contribution in [-0.4, -0.2) is 43.3 Å². The van der Waals surface area contributed by atoms with Crippen molar-refractivity contribution in [3.63, 3.8) is 0 Å². The van der Waals surface area contributed by atoms with Crippen molar-refractivity contribution in [3.8, 4) is 0 Å². The molecule has 0 radical (unpaired) electrons. The highest BCUT2D eigenvalue weighted by atomic mass is 19.4.